The van der Waals surface area contributed by atoms with Gasteiger partial charge in [-0.3, -0.25) is 4.79 Å². The van der Waals surface area contributed by atoms with Crippen molar-refractivity contribution in [3.05, 3.63) is 47.2 Å². The Balaban J connectivity index is 1.73. The van der Waals surface area contributed by atoms with Crippen LogP contribution in [-0.4, -0.2) is 51.2 Å². The number of carbonyl (C=O) groups excluding carboxylic acids is 1. The number of aliphatic hydroxyl groups is 1. The predicted octanol–water partition coefficient (Wildman–Crippen LogP) is 3.79. The molecule has 3 rings (SSSR count). The van der Waals surface area contributed by atoms with Gasteiger partial charge < -0.3 is 20.1 Å². The predicted molar refractivity (Wildman–Crippen MR) is 112 cm³/mol. The van der Waals surface area contributed by atoms with Crippen molar-refractivity contribution in [2.75, 3.05) is 25.0 Å². The first-order valence-corrected chi connectivity index (χ1v) is 10.4. The number of piperidine rings is 1. The molecular formula is C22H27F3N4O3. The standard InChI is InChI=1S/C22H27F3N4O3/c1-13(16-5-4-6-17(19(16)23)20(24)25)27-21-18(11-26-14(2)28-21)32-12-22(31)7-9-29(10-8-22)15(3)30/h4-6,11,13,20,31H,7-10,12H2,1-3H3,(H,26,27,28)/t13-/m1/s1. The van der Waals surface area contributed by atoms with E-state index in [4.69, 9.17) is 4.74 Å². The van der Waals surface area contributed by atoms with Gasteiger partial charge in [-0.25, -0.2) is 23.1 Å². The van der Waals surface area contributed by atoms with Gasteiger partial charge in [0, 0.05) is 25.6 Å². The molecule has 0 radical (unpaired) electrons. The molecule has 1 aromatic heterocycles. The lowest BCUT2D eigenvalue weighted by molar-refractivity contribution is -0.134. The number of alkyl halides is 2. The number of nitrogens with zero attached hydrogens (tertiary/aromatic N) is 3. The van der Waals surface area contributed by atoms with Crippen molar-refractivity contribution in [2.45, 2.75) is 51.7 Å². The number of ether oxygens (including phenoxy) is 1. The molecule has 2 heterocycles. The highest BCUT2D eigenvalue weighted by Crippen LogP contribution is 2.32. The van der Waals surface area contributed by atoms with E-state index in [1.54, 1.807) is 18.7 Å². The van der Waals surface area contributed by atoms with Gasteiger partial charge in [0.15, 0.2) is 11.6 Å². The minimum absolute atomic E-state index is 0.0382. The Bertz CT molecular complexity index is 965. The lowest BCUT2D eigenvalue weighted by Crippen LogP contribution is -2.49. The minimum atomic E-state index is -2.92. The Labute approximate surface area is 184 Å². The van der Waals surface area contributed by atoms with Gasteiger partial charge in [-0.2, -0.15) is 0 Å². The molecule has 1 saturated heterocycles. The summed E-state index contributed by atoms with van der Waals surface area (Å²) < 4.78 is 46.4. The van der Waals surface area contributed by atoms with Crippen molar-refractivity contribution in [2.24, 2.45) is 0 Å². The number of hydrogen-bond acceptors (Lipinski definition) is 6. The van der Waals surface area contributed by atoms with Gasteiger partial charge in [-0.1, -0.05) is 18.2 Å². The van der Waals surface area contributed by atoms with Crippen LogP contribution >= 0.6 is 0 Å². The summed E-state index contributed by atoms with van der Waals surface area (Å²) in [6.07, 6.45) is -0.747. The summed E-state index contributed by atoms with van der Waals surface area (Å²) in [6, 6.07) is 3.17. The highest BCUT2D eigenvalue weighted by atomic mass is 19.3. The summed E-state index contributed by atoms with van der Waals surface area (Å²) in [7, 11) is 0. The van der Waals surface area contributed by atoms with Crippen molar-refractivity contribution < 1.29 is 27.8 Å². The molecule has 2 aromatic rings. The second kappa shape index (κ2) is 9.72. The molecule has 2 N–H and O–H groups in total. The Hall–Kier alpha value is -2.88. The maximum atomic E-state index is 14.5. The van der Waals surface area contributed by atoms with Crippen LogP contribution in [0.15, 0.2) is 24.4 Å². The van der Waals surface area contributed by atoms with Crippen LogP contribution in [-0.2, 0) is 4.79 Å². The second-order valence-corrected chi connectivity index (χ2v) is 8.07. The number of aromatic nitrogens is 2. The van der Waals surface area contributed by atoms with E-state index >= 15 is 0 Å². The zero-order chi connectivity index (χ0) is 23.5. The number of hydrogen-bond donors (Lipinski definition) is 2. The molecular weight excluding hydrogens is 425 g/mol. The summed E-state index contributed by atoms with van der Waals surface area (Å²) >= 11 is 0. The summed E-state index contributed by atoms with van der Waals surface area (Å²) in [4.78, 5) is 21.6. The van der Waals surface area contributed by atoms with Crippen molar-refractivity contribution in [3.8, 4) is 5.75 Å². The molecule has 1 fully saturated rings. The van der Waals surface area contributed by atoms with Crippen LogP contribution < -0.4 is 10.1 Å². The third-order valence-corrected chi connectivity index (χ3v) is 5.62. The Kier molecular flexibility index (Phi) is 7.22. The van der Waals surface area contributed by atoms with Crippen LogP contribution in [0.4, 0.5) is 19.0 Å². The van der Waals surface area contributed by atoms with Gasteiger partial charge in [0.2, 0.25) is 5.91 Å². The van der Waals surface area contributed by atoms with Crippen LogP contribution in [0.1, 0.15) is 56.1 Å². The first-order valence-electron chi connectivity index (χ1n) is 10.4. The quantitative estimate of drug-likeness (QED) is 0.665. The second-order valence-electron chi connectivity index (χ2n) is 8.07. The molecule has 1 aromatic carbocycles. The zero-order valence-corrected chi connectivity index (χ0v) is 18.2. The fraction of sp³-hybridized carbons (Fsp3) is 0.500. The highest BCUT2D eigenvalue weighted by Gasteiger charge is 2.34. The fourth-order valence-electron chi connectivity index (χ4n) is 3.62. The van der Waals surface area contributed by atoms with Crippen LogP contribution in [0.5, 0.6) is 5.75 Å². The number of carbonyl (C=O) groups is 1. The number of nitrogens with one attached hydrogen (secondary N) is 1. The van der Waals surface area contributed by atoms with Gasteiger partial charge in [0.1, 0.15) is 23.8 Å². The smallest absolute Gasteiger partial charge is 0.266 e. The van der Waals surface area contributed by atoms with Crippen LogP contribution in [0, 0.1) is 12.7 Å². The SMILES string of the molecule is CC(=O)N1CCC(O)(COc2cnc(C)nc2N[C@H](C)c2cccc(C(F)F)c2F)CC1. The highest BCUT2D eigenvalue weighted by molar-refractivity contribution is 5.73. The first-order chi connectivity index (χ1) is 15.1. The Morgan fingerprint density at radius 3 is 2.59 bits per heavy atom. The molecule has 1 atom stereocenters. The third-order valence-electron chi connectivity index (χ3n) is 5.62. The van der Waals surface area contributed by atoms with E-state index in [0.29, 0.717) is 31.8 Å². The molecule has 0 spiro atoms. The number of rotatable bonds is 7. The molecule has 0 aliphatic carbocycles. The number of likely N-dealkylation sites (tertiary alicyclic amines) is 1. The molecule has 7 nitrogen and oxygen atoms in total. The van der Waals surface area contributed by atoms with Gasteiger partial charge in [0.05, 0.1) is 17.8 Å². The molecule has 0 bridgehead atoms. The third kappa shape index (κ3) is 5.48. The molecule has 32 heavy (non-hydrogen) atoms. The van der Waals surface area contributed by atoms with Crippen LogP contribution in [0.3, 0.4) is 0 Å². The summed E-state index contributed by atoms with van der Waals surface area (Å²) in [6.45, 7) is 5.61. The van der Waals surface area contributed by atoms with E-state index in [9.17, 15) is 23.1 Å². The maximum absolute atomic E-state index is 14.5. The fourth-order valence-corrected chi connectivity index (χ4v) is 3.62. The lowest BCUT2D eigenvalue weighted by atomic mass is 9.92. The van der Waals surface area contributed by atoms with E-state index in [2.05, 4.69) is 15.3 Å². The summed E-state index contributed by atoms with van der Waals surface area (Å²) in [5.74, 6) is -0.0694. The molecule has 0 saturated carbocycles. The normalized spacial score (nSPS) is 16.7. The molecule has 0 unspecified atom stereocenters. The minimum Gasteiger partial charge on any atom is -0.485 e. The zero-order valence-electron chi connectivity index (χ0n) is 18.2. The Morgan fingerprint density at radius 1 is 1.31 bits per heavy atom. The van der Waals surface area contributed by atoms with Crippen molar-refractivity contribution >= 4 is 11.7 Å². The number of aryl methyl sites for hydroxylation is 1. The maximum Gasteiger partial charge on any atom is 0.266 e. The summed E-state index contributed by atoms with van der Waals surface area (Å²) in [5, 5.41) is 13.8. The van der Waals surface area contributed by atoms with Crippen molar-refractivity contribution in [1.82, 2.24) is 14.9 Å². The number of amides is 1. The van der Waals surface area contributed by atoms with E-state index in [1.165, 1.54) is 25.3 Å². The van der Waals surface area contributed by atoms with Gasteiger partial charge in [-0.15, -0.1) is 0 Å². The lowest BCUT2D eigenvalue weighted by Gasteiger charge is -2.37. The molecule has 174 valence electrons. The number of benzene rings is 1. The first kappa shape index (κ1) is 23.8. The van der Waals surface area contributed by atoms with E-state index in [-0.39, 0.29) is 29.6 Å². The largest absolute Gasteiger partial charge is 0.485 e. The van der Waals surface area contributed by atoms with Crippen molar-refractivity contribution in [3.63, 3.8) is 0 Å². The summed E-state index contributed by atoms with van der Waals surface area (Å²) in [5.41, 5.74) is -1.71. The van der Waals surface area contributed by atoms with E-state index in [1.807, 2.05) is 0 Å². The van der Waals surface area contributed by atoms with Gasteiger partial charge >= 0.3 is 0 Å². The molecule has 1 aliphatic rings. The topological polar surface area (TPSA) is 87.6 Å². The average Bonchev–Trinajstić information content (AvgIpc) is 2.73. The van der Waals surface area contributed by atoms with Crippen LogP contribution in [0.25, 0.3) is 0 Å². The number of halogens is 3. The van der Waals surface area contributed by atoms with E-state index in [0.717, 1.165) is 6.07 Å². The molecule has 1 aliphatic heterocycles. The molecule has 10 heteroatoms. The Morgan fingerprint density at radius 2 is 1.97 bits per heavy atom. The monoisotopic (exact) mass is 452 g/mol. The molecule has 1 amide bonds. The van der Waals surface area contributed by atoms with Crippen molar-refractivity contribution in [1.29, 1.82) is 0 Å². The van der Waals surface area contributed by atoms with Crippen LogP contribution in [0.2, 0.25) is 0 Å². The van der Waals surface area contributed by atoms with E-state index < -0.39 is 29.4 Å². The number of anilines is 1. The van der Waals surface area contributed by atoms with Gasteiger partial charge in [-0.05, 0) is 26.7 Å². The average molecular weight is 452 g/mol. The van der Waals surface area contributed by atoms with Gasteiger partial charge in [0.25, 0.3) is 6.43 Å².